The zero-order chi connectivity index (χ0) is 13.9. The molecule has 1 saturated carbocycles. The van der Waals surface area contributed by atoms with Crippen molar-refractivity contribution in [3.05, 3.63) is 20.8 Å². The molecule has 2 fully saturated rings. The van der Waals surface area contributed by atoms with Gasteiger partial charge in [-0.2, -0.15) is 0 Å². The highest BCUT2D eigenvalue weighted by Gasteiger charge is 2.34. The van der Waals surface area contributed by atoms with E-state index in [4.69, 9.17) is 4.74 Å². The standard InChI is InChI=1S/C14H19BrN2O2S/c15-13-4-3-12(20-13)7-16-14(18)17(11-1-2-11)8-10-5-6-19-9-10/h3-4,10-11H,1-2,5-9H2,(H,16,18). The Morgan fingerprint density at radius 3 is 2.90 bits per heavy atom. The summed E-state index contributed by atoms with van der Waals surface area (Å²) in [5.74, 6) is 0.511. The van der Waals surface area contributed by atoms with Crippen LogP contribution in [-0.4, -0.2) is 36.7 Å². The van der Waals surface area contributed by atoms with E-state index < -0.39 is 0 Å². The maximum atomic E-state index is 12.4. The first-order chi connectivity index (χ1) is 9.72. The molecule has 1 aromatic rings. The molecule has 1 unspecified atom stereocenters. The van der Waals surface area contributed by atoms with Crippen LogP contribution in [-0.2, 0) is 11.3 Å². The molecule has 0 radical (unpaired) electrons. The molecule has 2 amide bonds. The van der Waals surface area contributed by atoms with Crippen molar-refractivity contribution in [2.45, 2.75) is 31.8 Å². The molecule has 2 aliphatic rings. The maximum Gasteiger partial charge on any atom is 0.317 e. The monoisotopic (exact) mass is 358 g/mol. The molecule has 1 N–H and O–H groups in total. The van der Waals surface area contributed by atoms with Crippen LogP contribution in [0.5, 0.6) is 0 Å². The van der Waals surface area contributed by atoms with Crippen molar-refractivity contribution < 1.29 is 9.53 Å². The van der Waals surface area contributed by atoms with Gasteiger partial charge in [0.2, 0.25) is 0 Å². The molecule has 1 aliphatic carbocycles. The lowest BCUT2D eigenvalue weighted by atomic mass is 10.1. The van der Waals surface area contributed by atoms with Crippen molar-refractivity contribution in [1.82, 2.24) is 10.2 Å². The molecule has 6 heteroatoms. The summed E-state index contributed by atoms with van der Waals surface area (Å²) in [6.07, 6.45) is 3.37. The Bertz CT molecular complexity index is 469. The highest BCUT2D eigenvalue weighted by molar-refractivity contribution is 9.11. The summed E-state index contributed by atoms with van der Waals surface area (Å²) in [5.41, 5.74) is 0. The van der Waals surface area contributed by atoms with Gasteiger partial charge in [-0.1, -0.05) is 0 Å². The predicted octanol–water partition coefficient (Wildman–Crippen LogP) is 3.22. The lowest BCUT2D eigenvalue weighted by Crippen LogP contribution is -2.43. The summed E-state index contributed by atoms with van der Waals surface area (Å²) in [6, 6.07) is 4.58. The first-order valence-corrected chi connectivity index (χ1v) is 8.70. The molecule has 0 bridgehead atoms. The van der Waals surface area contributed by atoms with Gasteiger partial charge < -0.3 is 15.0 Å². The van der Waals surface area contributed by atoms with Crippen LogP contribution < -0.4 is 5.32 Å². The van der Waals surface area contributed by atoms with Crippen molar-refractivity contribution in [2.24, 2.45) is 5.92 Å². The Labute approximate surface area is 131 Å². The molecule has 0 aromatic carbocycles. The fourth-order valence-electron chi connectivity index (χ4n) is 2.50. The van der Waals surface area contributed by atoms with Gasteiger partial charge >= 0.3 is 6.03 Å². The lowest BCUT2D eigenvalue weighted by Gasteiger charge is -2.25. The molecule has 3 rings (SSSR count). The second kappa shape index (κ2) is 6.45. The number of carbonyl (C=O) groups excluding carboxylic acids is 1. The number of carbonyl (C=O) groups is 1. The average Bonchev–Trinajstić information content (AvgIpc) is 2.97. The summed E-state index contributed by atoms with van der Waals surface area (Å²) in [5, 5.41) is 3.04. The number of rotatable bonds is 5. The molecule has 20 heavy (non-hydrogen) atoms. The maximum absolute atomic E-state index is 12.4. The van der Waals surface area contributed by atoms with Gasteiger partial charge in [-0.25, -0.2) is 4.79 Å². The molecule has 2 heterocycles. The number of hydrogen-bond acceptors (Lipinski definition) is 3. The van der Waals surface area contributed by atoms with Gasteiger partial charge in [0, 0.05) is 30.0 Å². The number of amides is 2. The first-order valence-electron chi connectivity index (χ1n) is 7.09. The van der Waals surface area contributed by atoms with Crippen molar-refractivity contribution in [3.63, 3.8) is 0 Å². The van der Waals surface area contributed by atoms with Gasteiger partial charge in [0.25, 0.3) is 0 Å². The van der Waals surface area contributed by atoms with E-state index in [1.54, 1.807) is 11.3 Å². The number of hydrogen-bond donors (Lipinski definition) is 1. The van der Waals surface area contributed by atoms with Crippen LogP contribution in [0.25, 0.3) is 0 Å². The lowest BCUT2D eigenvalue weighted by molar-refractivity contribution is 0.162. The normalized spacial score (nSPS) is 21.9. The Balaban J connectivity index is 1.52. The summed E-state index contributed by atoms with van der Waals surface area (Å²) < 4.78 is 6.51. The average molecular weight is 359 g/mol. The van der Waals surface area contributed by atoms with E-state index in [2.05, 4.69) is 21.2 Å². The number of nitrogens with zero attached hydrogens (tertiary/aromatic N) is 1. The summed E-state index contributed by atoms with van der Waals surface area (Å²) >= 11 is 5.10. The van der Waals surface area contributed by atoms with E-state index in [0.29, 0.717) is 18.5 Å². The van der Waals surface area contributed by atoms with Crippen molar-refractivity contribution >= 4 is 33.3 Å². The quantitative estimate of drug-likeness (QED) is 0.877. The van der Waals surface area contributed by atoms with Gasteiger partial charge in [-0.15, -0.1) is 11.3 Å². The predicted molar refractivity (Wildman–Crippen MR) is 82.9 cm³/mol. The zero-order valence-corrected chi connectivity index (χ0v) is 13.7. The number of urea groups is 1. The molecule has 1 aromatic heterocycles. The van der Waals surface area contributed by atoms with E-state index in [1.165, 1.54) is 4.88 Å². The van der Waals surface area contributed by atoms with Crippen LogP contribution in [0.2, 0.25) is 0 Å². The minimum atomic E-state index is 0.0731. The summed E-state index contributed by atoms with van der Waals surface area (Å²) in [7, 11) is 0. The van der Waals surface area contributed by atoms with Crippen molar-refractivity contribution in [3.8, 4) is 0 Å². The van der Waals surface area contributed by atoms with Crippen LogP contribution in [0.3, 0.4) is 0 Å². The van der Waals surface area contributed by atoms with Gasteiger partial charge in [0.15, 0.2) is 0 Å². The first kappa shape index (κ1) is 14.4. The van der Waals surface area contributed by atoms with Gasteiger partial charge in [-0.3, -0.25) is 0 Å². The minimum absolute atomic E-state index is 0.0731. The molecule has 1 saturated heterocycles. The fourth-order valence-corrected chi connectivity index (χ4v) is 3.92. The van der Waals surface area contributed by atoms with E-state index in [9.17, 15) is 4.79 Å². The van der Waals surface area contributed by atoms with Gasteiger partial charge in [0.05, 0.1) is 16.9 Å². The summed E-state index contributed by atoms with van der Waals surface area (Å²) in [4.78, 5) is 15.5. The van der Waals surface area contributed by atoms with Crippen LogP contribution in [0.15, 0.2) is 15.9 Å². The van der Waals surface area contributed by atoms with Gasteiger partial charge in [0.1, 0.15) is 0 Å². The number of nitrogens with one attached hydrogen (secondary N) is 1. The summed E-state index contributed by atoms with van der Waals surface area (Å²) in [6.45, 7) is 3.09. The van der Waals surface area contributed by atoms with Crippen molar-refractivity contribution in [1.29, 1.82) is 0 Å². The van der Waals surface area contributed by atoms with Crippen LogP contribution in [0, 0.1) is 5.92 Å². The van der Waals surface area contributed by atoms with Crippen LogP contribution in [0.4, 0.5) is 4.79 Å². The van der Waals surface area contributed by atoms with Gasteiger partial charge in [-0.05, 0) is 47.3 Å². The highest BCUT2D eigenvalue weighted by atomic mass is 79.9. The third-order valence-electron chi connectivity index (χ3n) is 3.77. The highest BCUT2D eigenvalue weighted by Crippen LogP contribution is 2.29. The number of ether oxygens (including phenoxy) is 1. The SMILES string of the molecule is O=C(NCc1ccc(Br)s1)N(CC1CCOC1)C1CC1. The minimum Gasteiger partial charge on any atom is -0.381 e. The topological polar surface area (TPSA) is 41.6 Å². The van der Waals surface area contributed by atoms with Crippen LogP contribution >= 0.6 is 27.3 Å². The third-order valence-corrected chi connectivity index (χ3v) is 5.39. The Morgan fingerprint density at radius 1 is 1.45 bits per heavy atom. The number of thiophene rings is 1. The molecular weight excluding hydrogens is 340 g/mol. The smallest absolute Gasteiger partial charge is 0.317 e. The van der Waals surface area contributed by atoms with E-state index in [1.807, 2.05) is 17.0 Å². The Morgan fingerprint density at radius 2 is 2.30 bits per heavy atom. The third kappa shape index (κ3) is 3.74. The largest absolute Gasteiger partial charge is 0.381 e. The molecule has 1 atom stereocenters. The number of halogens is 1. The Hall–Kier alpha value is -0.590. The van der Waals surface area contributed by atoms with E-state index in [0.717, 1.165) is 42.8 Å². The molecular formula is C14H19BrN2O2S. The van der Waals surface area contributed by atoms with Crippen molar-refractivity contribution in [2.75, 3.05) is 19.8 Å². The van der Waals surface area contributed by atoms with Crippen LogP contribution in [0.1, 0.15) is 24.1 Å². The fraction of sp³-hybridized carbons (Fsp3) is 0.643. The second-order valence-electron chi connectivity index (χ2n) is 5.48. The van der Waals surface area contributed by atoms with E-state index >= 15 is 0 Å². The molecule has 0 spiro atoms. The zero-order valence-electron chi connectivity index (χ0n) is 11.3. The molecule has 1 aliphatic heterocycles. The Kier molecular flexibility index (Phi) is 4.63. The van der Waals surface area contributed by atoms with E-state index in [-0.39, 0.29) is 6.03 Å². The second-order valence-corrected chi connectivity index (χ2v) is 8.03. The molecule has 110 valence electrons. The molecule has 4 nitrogen and oxygen atoms in total.